The van der Waals surface area contributed by atoms with Crippen molar-refractivity contribution in [3.63, 3.8) is 0 Å². The van der Waals surface area contributed by atoms with Gasteiger partial charge >= 0.3 is 12.1 Å². The monoisotopic (exact) mass is 468 g/mol. The highest BCUT2D eigenvalue weighted by molar-refractivity contribution is 5.82. The SMILES string of the molecule is COc1cccc(CN[C@H]2CN(C(=O)C(F)(F)F)CC[C@@H]2c2ccc(-c3ccccc3)cc2)c1. The lowest BCUT2D eigenvalue weighted by molar-refractivity contribution is -0.186. The number of likely N-dealkylation sites (tertiary alicyclic amines) is 1. The highest BCUT2D eigenvalue weighted by Gasteiger charge is 2.45. The fourth-order valence-electron chi connectivity index (χ4n) is 4.51. The van der Waals surface area contributed by atoms with Crippen LogP contribution in [0.5, 0.6) is 5.75 Å². The molecule has 0 radical (unpaired) electrons. The van der Waals surface area contributed by atoms with Gasteiger partial charge in [0.1, 0.15) is 5.75 Å². The lowest BCUT2D eigenvalue weighted by Gasteiger charge is -2.39. The number of carbonyl (C=O) groups excluding carboxylic acids is 1. The minimum atomic E-state index is -4.87. The van der Waals surface area contributed by atoms with E-state index in [0.717, 1.165) is 27.2 Å². The second kappa shape index (κ2) is 10.3. The van der Waals surface area contributed by atoms with Gasteiger partial charge in [-0.3, -0.25) is 4.79 Å². The average Bonchev–Trinajstić information content (AvgIpc) is 2.87. The van der Waals surface area contributed by atoms with E-state index in [0.29, 0.717) is 18.7 Å². The fraction of sp³-hybridized carbons (Fsp3) is 0.296. The Balaban J connectivity index is 1.54. The summed E-state index contributed by atoms with van der Waals surface area (Å²) in [6.45, 7) is 0.517. The van der Waals surface area contributed by atoms with Crippen molar-refractivity contribution in [1.29, 1.82) is 0 Å². The first-order valence-corrected chi connectivity index (χ1v) is 11.2. The molecule has 0 unspecified atom stereocenters. The van der Waals surface area contributed by atoms with E-state index in [1.807, 2.05) is 78.9 Å². The number of carbonyl (C=O) groups is 1. The van der Waals surface area contributed by atoms with E-state index in [2.05, 4.69) is 5.32 Å². The van der Waals surface area contributed by atoms with Gasteiger partial charge in [-0.25, -0.2) is 0 Å². The molecule has 1 heterocycles. The van der Waals surface area contributed by atoms with E-state index in [-0.39, 0.29) is 25.0 Å². The molecule has 0 saturated carbocycles. The predicted octanol–water partition coefficient (Wildman–Crippen LogP) is 5.40. The number of rotatable bonds is 6. The van der Waals surface area contributed by atoms with Gasteiger partial charge in [-0.05, 0) is 40.8 Å². The Morgan fingerprint density at radius 1 is 1.00 bits per heavy atom. The Morgan fingerprint density at radius 3 is 2.38 bits per heavy atom. The molecule has 7 heteroatoms. The van der Waals surface area contributed by atoms with Crippen molar-refractivity contribution in [2.45, 2.75) is 31.1 Å². The maximum absolute atomic E-state index is 13.1. The van der Waals surface area contributed by atoms with Gasteiger partial charge in [0.05, 0.1) is 7.11 Å². The minimum Gasteiger partial charge on any atom is -0.497 e. The van der Waals surface area contributed by atoms with Crippen LogP contribution >= 0.6 is 0 Å². The zero-order valence-electron chi connectivity index (χ0n) is 18.9. The molecule has 0 spiro atoms. The molecule has 4 nitrogen and oxygen atoms in total. The van der Waals surface area contributed by atoms with Crippen molar-refractivity contribution in [2.75, 3.05) is 20.2 Å². The average molecular weight is 469 g/mol. The standard InChI is InChI=1S/C27H27F3N2O2/c1-34-23-9-5-6-19(16-23)17-31-25-18-32(26(33)27(28,29)30)15-14-24(25)22-12-10-21(11-13-22)20-7-3-2-4-8-20/h2-13,16,24-25,31H,14-15,17-18H2,1H3/t24-,25+/m1/s1. The summed E-state index contributed by atoms with van der Waals surface area (Å²) >= 11 is 0. The summed E-state index contributed by atoms with van der Waals surface area (Å²) in [6.07, 6.45) is -4.43. The number of hydrogen-bond acceptors (Lipinski definition) is 3. The topological polar surface area (TPSA) is 41.6 Å². The summed E-state index contributed by atoms with van der Waals surface area (Å²) in [4.78, 5) is 12.8. The first-order valence-electron chi connectivity index (χ1n) is 11.2. The van der Waals surface area contributed by atoms with Crippen LogP contribution in [0.1, 0.15) is 23.5 Å². The molecule has 34 heavy (non-hydrogen) atoms. The number of methoxy groups -OCH3 is 1. The second-order valence-corrected chi connectivity index (χ2v) is 8.47. The van der Waals surface area contributed by atoms with Crippen molar-refractivity contribution < 1.29 is 22.7 Å². The molecule has 3 aromatic rings. The molecule has 1 N–H and O–H groups in total. The van der Waals surface area contributed by atoms with E-state index in [1.165, 1.54) is 0 Å². The molecule has 3 aromatic carbocycles. The van der Waals surface area contributed by atoms with Gasteiger partial charge in [0, 0.05) is 31.6 Å². The number of ether oxygens (including phenoxy) is 1. The van der Waals surface area contributed by atoms with Crippen LogP contribution in [0.4, 0.5) is 13.2 Å². The van der Waals surface area contributed by atoms with Crippen molar-refractivity contribution in [2.24, 2.45) is 0 Å². The van der Waals surface area contributed by atoms with E-state index in [1.54, 1.807) is 7.11 Å². The van der Waals surface area contributed by atoms with Crippen LogP contribution in [0.3, 0.4) is 0 Å². The highest BCUT2D eigenvalue weighted by atomic mass is 19.4. The number of halogens is 3. The summed E-state index contributed by atoms with van der Waals surface area (Å²) in [6, 6.07) is 25.4. The Bertz CT molecular complexity index is 1100. The third kappa shape index (κ3) is 5.59. The molecule has 1 fully saturated rings. The van der Waals surface area contributed by atoms with E-state index < -0.39 is 12.1 Å². The van der Waals surface area contributed by atoms with E-state index in [4.69, 9.17) is 4.74 Å². The molecule has 1 aliphatic heterocycles. The fourth-order valence-corrected chi connectivity index (χ4v) is 4.51. The van der Waals surface area contributed by atoms with E-state index in [9.17, 15) is 18.0 Å². The summed E-state index contributed by atoms with van der Waals surface area (Å²) in [5, 5.41) is 3.40. The number of nitrogens with zero attached hydrogens (tertiary/aromatic N) is 1. The molecule has 0 aliphatic carbocycles. The van der Waals surface area contributed by atoms with Gasteiger partial charge in [-0.2, -0.15) is 13.2 Å². The van der Waals surface area contributed by atoms with Gasteiger partial charge in [0.15, 0.2) is 0 Å². The molecule has 0 aromatic heterocycles. The first-order chi connectivity index (χ1) is 16.3. The number of amides is 1. The second-order valence-electron chi connectivity index (χ2n) is 8.47. The third-order valence-electron chi connectivity index (χ3n) is 6.29. The van der Waals surface area contributed by atoms with Crippen LogP contribution < -0.4 is 10.1 Å². The van der Waals surface area contributed by atoms with E-state index >= 15 is 0 Å². The number of hydrogen-bond donors (Lipinski definition) is 1. The van der Waals surface area contributed by atoms with Crippen LogP contribution in [-0.2, 0) is 11.3 Å². The maximum Gasteiger partial charge on any atom is 0.471 e. The van der Waals surface area contributed by atoms with Crippen molar-refractivity contribution >= 4 is 5.91 Å². The van der Waals surface area contributed by atoms with Crippen LogP contribution in [-0.4, -0.2) is 43.2 Å². The highest BCUT2D eigenvalue weighted by Crippen LogP contribution is 2.32. The van der Waals surface area contributed by atoms with Crippen LogP contribution in [0.15, 0.2) is 78.9 Å². The first kappa shape index (κ1) is 23.8. The molecule has 2 atom stereocenters. The number of benzene rings is 3. The van der Waals surface area contributed by atoms with Crippen molar-refractivity contribution in [3.8, 4) is 16.9 Å². The van der Waals surface area contributed by atoms with Crippen LogP contribution in [0.2, 0.25) is 0 Å². The molecule has 1 amide bonds. The van der Waals surface area contributed by atoms with Gasteiger partial charge in [-0.1, -0.05) is 66.7 Å². The summed E-state index contributed by atoms with van der Waals surface area (Å²) in [5.41, 5.74) is 4.18. The van der Waals surface area contributed by atoms with Gasteiger partial charge in [0.25, 0.3) is 0 Å². The molecule has 1 saturated heterocycles. The number of alkyl halides is 3. The zero-order valence-corrected chi connectivity index (χ0v) is 18.9. The number of piperidine rings is 1. The molecular weight excluding hydrogens is 441 g/mol. The Labute approximate surface area is 197 Å². The lowest BCUT2D eigenvalue weighted by Crippen LogP contribution is -2.54. The molecule has 178 valence electrons. The Hall–Kier alpha value is -3.32. The minimum absolute atomic E-state index is 0.00653. The largest absolute Gasteiger partial charge is 0.497 e. The summed E-state index contributed by atoms with van der Waals surface area (Å²) in [7, 11) is 1.59. The Kier molecular flexibility index (Phi) is 7.22. The van der Waals surface area contributed by atoms with Gasteiger partial charge in [0.2, 0.25) is 0 Å². The molecule has 0 bridgehead atoms. The van der Waals surface area contributed by atoms with Crippen LogP contribution in [0, 0.1) is 0 Å². The summed E-state index contributed by atoms with van der Waals surface area (Å²) in [5.74, 6) is -1.09. The molecular formula is C27H27F3N2O2. The lowest BCUT2D eigenvalue weighted by atomic mass is 9.84. The normalized spacial score (nSPS) is 18.5. The van der Waals surface area contributed by atoms with Crippen molar-refractivity contribution in [1.82, 2.24) is 10.2 Å². The summed E-state index contributed by atoms with van der Waals surface area (Å²) < 4.78 is 44.6. The predicted molar refractivity (Wildman–Crippen MR) is 125 cm³/mol. The van der Waals surface area contributed by atoms with Crippen molar-refractivity contribution in [3.05, 3.63) is 90.0 Å². The maximum atomic E-state index is 13.1. The molecule has 1 aliphatic rings. The quantitative estimate of drug-likeness (QED) is 0.527. The van der Waals surface area contributed by atoms with Gasteiger partial charge in [-0.15, -0.1) is 0 Å². The van der Waals surface area contributed by atoms with Gasteiger partial charge < -0.3 is 15.0 Å². The van der Waals surface area contributed by atoms with Crippen LogP contribution in [0.25, 0.3) is 11.1 Å². The number of nitrogens with one attached hydrogen (secondary N) is 1. The Morgan fingerprint density at radius 2 is 1.71 bits per heavy atom. The zero-order chi connectivity index (χ0) is 24.1. The smallest absolute Gasteiger partial charge is 0.471 e. The molecule has 4 rings (SSSR count). The third-order valence-corrected chi connectivity index (χ3v) is 6.29.